The molecule has 0 bridgehead atoms. The minimum absolute atomic E-state index is 0.0694. The highest BCUT2D eigenvalue weighted by Crippen LogP contribution is 2.19. The van der Waals surface area contributed by atoms with E-state index in [0.717, 1.165) is 0 Å². The molecular formula is C9H14O4. The van der Waals surface area contributed by atoms with E-state index < -0.39 is 18.4 Å². The third-order valence-corrected chi connectivity index (χ3v) is 1.22. The van der Waals surface area contributed by atoms with Crippen LogP contribution in [0.1, 0.15) is 27.2 Å². The van der Waals surface area contributed by atoms with Crippen molar-refractivity contribution in [2.24, 2.45) is 5.41 Å². The minimum atomic E-state index is -1.17. The Morgan fingerprint density at radius 3 is 1.92 bits per heavy atom. The summed E-state index contributed by atoms with van der Waals surface area (Å²) in [5.74, 6) is -2.30. The quantitative estimate of drug-likeness (QED) is 0.655. The fourth-order valence-electron chi connectivity index (χ4n) is 0.874. The van der Waals surface area contributed by atoms with E-state index in [-0.39, 0.29) is 11.0 Å². The van der Waals surface area contributed by atoms with Gasteiger partial charge in [0.2, 0.25) is 0 Å². The molecule has 0 aliphatic carbocycles. The summed E-state index contributed by atoms with van der Waals surface area (Å²) >= 11 is 0. The molecule has 13 heavy (non-hydrogen) atoms. The Morgan fingerprint density at radius 1 is 1.23 bits per heavy atom. The van der Waals surface area contributed by atoms with Crippen LogP contribution in [0.5, 0.6) is 0 Å². The van der Waals surface area contributed by atoms with Crippen molar-refractivity contribution in [3.8, 4) is 0 Å². The molecule has 0 aromatic heterocycles. The van der Waals surface area contributed by atoms with Crippen LogP contribution < -0.4 is 0 Å². The first kappa shape index (κ1) is 11.7. The van der Waals surface area contributed by atoms with Crippen molar-refractivity contribution in [2.75, 3.05) is 0 Å². The zero-order valence-electron chi connectivity index (χ0n) is 8.00. The molecule has 0 aromatic carbocycles. The largest absolute Gasteiger partial charge is 0.481 e. The Morgan fingerprint density at radius 2 is 1.69 bits per heavy atom. The molecule has 0 atom stereocenters. The normalized spacial score (nSPS) is 12.7. The summed E-state index contributed by atoms with van der Waals surface area (Å²) in [6.07, 6.45) is 1.02. The van der Waals surface area contributed by atoms with Gasteiger partial charge in [0.25, 0.3) is 0 Å². The number of carboxylic acid groups (broad SMARTS) is 2. The van der Waals surface area contributed by atoms with E-state index in [0.29, 0.717) is 0 Å². The van der Waals surface area contributed by atoms with E-state index in [1.807, 2.05) is 20.8 Å². The van der Waals surface area contributed by atoms with Crippen molar-refractivity contribution < 1.29 is 19.8 Å². The summed E-state index contributed by atoms with van der Waals surface area (Å²) in [7, 11) is 0. The highest BCUT2D eigenvalue weighted by Gasteiger charge is 2.16. The Kier molecular flexibility index (Phi) is 3.66. The maximum Gasteiger partial charge on any atom is 0.331 e. The second kappa shape index (κ2) is 4.07. The van der Waals surface area contributed by atoms with Crippen LogP contribution in [-0.2, 0) is 9.59 Å². The van der Waals surface area contributed by atoms with Crippen LogP contribution in [0.4, 0.5) is 0 Å². The fraction of sp³-hybridized carbons (Fsp3) is 0.556. The zero-order chi connectivity index (χ0) is 10.6. The molecular weight excluding hydrogens is 172 g/mol. The number of rotatable bonds is 3. The molecule has 0 radical (unpaired) electrons. The van der Waals surface area contributed by atoms with Gasteiger partial charge in [-0.15, -0.1) is 0 Å². The molecule has 0 unspecified atom stereocenters. The summed E-state index contributed by atoms with van der Waals surface area (Å²) in [6, 6.07) is 0. The number of carbonyl (C=O) groups is 2. The van der Waals surface area contributed by atoms with Crippen molar-refractivity contribution >= 4 is 11.9 Å². The number of carboxylic acids is 2. The van der Waals surface area contributed by atoms with Gasteiger partial charge in [0, 0.05) is 5.57 Å². The molecule has 0 aromatic rings. The minimum Gasteiger partial charge on any atom is -0.481 e. The Hall–Kier alpha value is -1.32. The maximum absolute atomic E-state index is 10.6. The van der Waals surface area contributed by atoms with Gasteiger partial charge in [0.1, 0.15) is 0 Å². The lowest BCUT2D eigenvalue weighted by Crippen LogP contribution is -2.11. The molecule has 4 heteroatoms. The van der Waals surface area contributed by atoms with Crippen LogP contribution in [-0.4, -0.2) is 22.2 Å². The average Bonchev–Trinajstić information content (AvgIpc) is 1.81. The summed E-state index contributed by atoms with van der Waals surface area (Å²) in [4.78, 5) is 20.9. The zero-order valence-corrected chi connectivity index (χ0v) is 8.00. The topological polar surface area (TPSA) is 74.6 Å². The molecule has 0 saturated carbocycles. The third kappa shape index (κ3) is 5.90. The highest BCUT2D eigenvalue weighted by molar-refractivity contribution is 5.92. The number of hydrogen-bond donors (Lipinski definition) is 2. The van der Waals surface area contributed by atoms with Crippen molar-refractivity contribution in [1.82, 2.24) is 0 Å². The second-order valence-corrected chi connectivity index (χ2v) is 3.91. The van der Waals surface area contributed by atoms with E-state index in [4.69, 9.17) is 10.2 Å². The van der Waals surface area contributed by atoms with Crippen LogP contribution in [0, 0.1) is 5.41 Å². The van der Waals surface area contributed by atoms with Crippen LogP contribution >= 0.6 is 0 Å². The first-order valence-corrected chi connectivity index (χ1v) is 3.89. The summed E-state index contributed by atoms with van der Waals surface area (Å²) in [5.41, 5.74) is -0.386. The van der Waals surface area contributed by atoms with Gasteiger partial charge in [-0.2, -0.15) is 0 Å². The van der Waals surface area contributed by atoms with Gasteiger partial charge in [0.15, 0.2) is 0 Å². The first-order chi connectivity index (χ1) is 5.72. The standard InChI is InChI=1S/C9H14O4/c1-9(2,3)5-6(8(12)13)4-7(10)11/h5H,4H2,1-3H3,(H,10,11)(H,12,13). The van der Waals surface area contributed by atoms with Crippen molar-refractivity contribution in [3.63, 3.8) is 0 Å². The molecule has 0 aliphatic rings. The molecule has 0 heterocycles. The molecule has 0 amide bonds. The monoisotopic (exact) mass is 186 g/mol. The number of hydrogen-bond acceptors (Lipinski definition) is 2. The lowest BCUT2D eigenvalue weighted by molar-refractivity contribution is -0.139. The Labute approximate surface area is 76.9 Å². The van der Waals surface area contributed by atoms with E-state index in [9.17, 15) is 9.59 Å². The lowest BCUT2D eigenvalue weighted by atomic mass is 9.92. The fourth-order valence-corrected chi connectivity index (χ4v) is 0.874. The van der Waals surface area contributed by atoms with E-state index >= 15 is 0 Å². The van der Waals surface area contributed by atoms with E-state index in [2.05, 4.69) is 0 Å². The van der Waals surface area contributed by atoms with Crippen molar-refractivity contribution in [3.05, 3.63) is 11.6 Å². The van der Waals surface area contributed by atoms with Gasteiger partial charge in [-0.3, -0.25) is 4.79 Å². The molecule has 74 valence electrons. The van der Waals surface area contributed by atoms with Gasteiger partial charge in [0.05, 0.1) is 6.42 Å². The number of allylic oxidation sites excluding steroid dienone is 1. The van der Waals surface area contributed by atoms with Crippen LogP contribution in [0.15, 0.2) is 11.6 Å². The first-order valence-electron chi connectivity index (χ1n) is 3.89. The molecule has 0 rings (SSSR count). The maximum atomic E-state index is 10.6. The van der Waals surface area contributed by atoms with Gasteiger partial charge in [-0.1, -0.05) is 26.8 Å². The van der Waals surface area contributed by atoms with Gasteiger partial charge < -0.3 is 10.2 Å². The average molecular weight is 186 g/mol. The number of aliphatic carboxylic acids is 2. The predicted molar refractivity (Wildman–Crippen MR) is 47.4 cm³/mol. The molecule has 0 saturated heterocycles. The van der Waals surface area contributed by atoms with Gasteiger partial charge in [-0.05, 0) is 5.41 Å². The molecule has 0 aliphatic heterocycles. The van der Waals surface area contributed by atoms with E-state index in [1.54, 1.807) is 0 Å². The van der Waals surface area contributed by atoms with Crippen LogP contribution in [0.2, 0.25) is 0 Å². The van der Waals surface area contributed by atoms with Crippen molar-refractivity contribution in [2.45, 2.75) is 27.2 Å². The summed E-state index contributed by atoms with van der Waals surface area (Å²) in [5, 5.41) is 17.1. The van der Waals surface area contributed by atoms with Crippen LogP contribution in [0.3, 0.4) is 0 Å². The second-order valence-electron chi connectivity index (χ2n) is 3.91. The summed E-state index contributed by atoms with van der Waals surface area (Å²) < 4.78 is 0. The lowest BCUT2D eigenvalue weighted by Gasteiger charge is -2.13. The van der Waals surface area contributed by atoms with Crippen LogP contribution in [0.25, 0.3) is 0 Å². The Bertz CT molecular complexity index is 245. The van der Waals surface area contributed by atoms with Crippen molar-refractivity contribution in [1.29, 1.82) is 0 Å². The molecule has 4 nitrogen and oxygen atoms in total. The SMILES string of the molecule is CC(C)(C)C=C(CC(=O)O)C(=O)O. The molecule has 0 fully saturated rings. The predicted octanol–water partition coefficient (Wildman–Crippen LogP) is 1.52. The third-order valence-electron chi connectivity index (χ3n) is 1.22. The molecule has 2 N–H and O–H groups in total. The van der Waals surface area contributed by atoms with Gasteiger partial charge >= 0.3 is 11.9 Å². The summed E-state index contributed by atoms with van der Waals surface area (Å²) in [6.45, 7) is 5.45. The highest BCUT2D eigenvalue weighted by atomic mass is 16.4. The smallest absolute Gasteiger partial charge is 0.331 e. The van der Waals surface area contributed by atoms with Gasteiger partial charge in [-0.25, -0.2) is 4.79 Å². The Balaban J connectivity index is 4.71. The van der Waals surface area contributed by atoms with E-state index in [1.165, 1.54) is 6.08 Å². The molecule has 0 spiro atoms.